The summed E-state index contributed by atoms with van der Waals surface area (Å²) in [6.45, 7) is 5.27. The quantitative estimate of drug-likeness (QED) is 0.452. The third-order valence-corrected chi connectivity index (χ3v) is 1.37. The molecular weight excluding hydrogens is 144 g/mol. The van der Waals surface area contributed by atoms with Gasteiger partial charge in [0.1, 0.15) is 0 Å². The van der Waals surface area contributed by atoms with Crippen LogP contribution in [0.4, 0.5) is 0 Å². The molecule has 1 heterocycles. The number of ether oxygens (including phenoxy) is 2. The molecule has 1 saturated heterocycles. The van der Waals surface area contributed by atoms with Crippen LogP contribution >= 0.6 is 0 Å². The molecule has 1 fully saturated rings. The fourth-order valence-corrected chi connectivity index (χ4v) is 0.690. The molecule has 0 bridgehead atoms. The number of carbonyl (C=O) groups is 1. The van der Waals surface area contributed by atoms with Gasteiger partial charge in [-0.25, -0.2) is 0 Å². The summed E-state index contributed by atoms with van der Waals surface area (Å²) in [5.41, 5.74) is 0. The predicted molar refractivity (Wildman–Crippen MR) is 40.2 cm³/mol. The van der Waals surface area contributed by atoms with Crippen molar-refractivity contribution in [2.75, 3.05) is 13.2 Å². The van der Waals surface area contributed by atoms with Crippen molar-refractivity contribution < 1.29 is 14.3 Å². The molecule has 0 aromatic heterocycles. The van der Waals surface area contributed by atoms with E-state index >= 15 is 0 Å². The fourth-order valence-electron chi connectivity index (χ4n) is 0.690. The molecule has 64 valence electrons. The molecular formula is C8H14O3. The molecule has 0 aromatic carbocycles. The monoisotopic (exact) mass is 158 g/mol. The van der Waals surface area contributed by atoms with Crippen LogP contribution < -0.4 is 0 Å². The van der Waals surface area contributed by atoms with Crippen LogP contribution in [0, 0.1) is 5.92 Å². The standard InChI is InChI=1S/C8H14O3/c1-6(2)4-11-8(9)3-7-5-10-7/h6-7H,3-5H2,1-2H3. The minimum atomic E-state index is -0.138. The van der Waals surface area contributed by atoms with Crippen molar-refractivity contribution in [2.24, 2.45) is 5.92 Å². The van der Waals surface area contributed by atoms with Gasteiger partial charge in [-0.15, -0.1) is 0 Å². The Morgan fingerprint density at radius 3 is 2.82 bits per heavy atom. The van der Waals surface area contributed by atoms with E-state index in [1.807, 2.05) is 13.8 Å². The van der Waals surface area contributed by atoms with E-state index in [-0.39, 0.29) is 12.1 Å². The van der Waals surface area contributed by atoms with Gasteiger partial charge in [-0.05, 0) is 5.92 Å². The van der Waals surface area contributed by atoms with Gasteiger partial charge < -0.3 is 9.47 Å². The van der Waals surface area contributed by atoms with Crippen molar-refractivity contribution in [1.29, 1.82) is 0 Å². The maximum absolute atomic E-state index is 10.9. The fraction of sp³-hybridized carbons (Fsp3) is 0.875. The molecule has 0 aromatic rings. The maximum Gasteiger partial charge on any atom is 0.308 e. The predicted octanol–water partition coefficient (Wildman–Crippen LogP) is 0.975. The van der Waals surface area contributed by atoms with Crippen LogP contribution in [0.3, 0.4) is 0 Å². The Morgan fingerprint density at radius 2 is 2.36 bits per heavy atom. The lowest BCUT2D eigenvalue weighted by molar-refractivity contribution is -0.145. The Morgan fingerprint density at radius 1 is 1.73 bits per heavy atom. The Hall–Kier alpha value is -0.570. The molecule has 1 aliphatic rings. The summed E-state index contributed by atoms with van der Waals surface area (Å²) >= 11 is 0. The number of rotatable bonds is 4. The van der Waals surface area contributed by atoms with E-state index in [2.05, 4.69) is 0 Å². The average molecular weight is 158 g/mol. The third-order valence-electron chi connectivity index (χ3n) is 1.37. The minimum Gasteiger partial charge on any atom is -0.465 e. The highest BCUT2D eigenvalue weighted by Gasteiger charge is 2.26. The van der Waals surface area contributed by atoms with Crippen LogP contribution in [-0.4, -0.2) is 25.3 Å². The second-order valence-corrected chi connectivity index (χ2v) is 3.24. The van der Waals surface area contributed by atoms with Gasteiger partial charge in [0.25, 0.3) is 0 Å². The highest BCUT2D eigenvalue weighted by atomic mass is 16.6. The molecule has 0 N–H and O–H groups in total. The van der Waals surface area contributed by atoms with Gasteiger partial charge in [0, 0.05) is 0 Å². The molecule has 1 rings (SSSR count). The Kier molecular flexibility index (Phi) is 2.88. The summed E-state index contributed by atoms with van der Waals surface area (Å²) in [6, 6.07) is 0. The van der Waals surface area contributed by atoms with Crippen molar-refractivity contribution in [3.63, 3.8) is 0 Å². The van der Waals surface area contributed by atoms with Crippen molar-refractivity contribution >= 4 is 5.97 Å². The van der Waals surface area contributed by atoms with Gasteiger partial charge in [0.2, 0.25) is 0 Å². The van der Waals surface area contributed by atoms with Crippen LogP contribution in [-0.2, 0) is 14.3 Å². The molecule has 0 saturated carbocycles. The number of epoxide rings is 1. The second-order valence-electron chi connectivity index (χ2n) is 3.24. The van der Waals surface area contributed by atoms with E-state index in [4.69, 9.17) is 9.47 Å². The van der Waals surface area contributed by atoms with Gasteiger partial charge in [-0.2, -0.15) is 0 Å². The highest BCUT2D eigenvalue weighted by molar-refractivity contribution is 5.70. The van der Waals surface area contributed by atoms with E-state index < -0.39 is 0 Å². The number of carbonyl (C=O) groups excluding carboxylic acids is 1. The first kappa shape index (κ1) is 8.53. The lowest BCUT2D eigenvalue weighted by Crippen LogP contribution is -2.11. The van der Waals surface area contributed by atoms with Crippen molar-refractivity contribution in [2.45, 2.75) is 26.4 Å². The minimum absolute atomic E-state index is 0.138. The summed E-state index contributed by atoms with van der Waals surface area (Å²) in [4.78, 5) is 10.9. The Labute approximate surface area is 66.7 Å². The molecule has 1 unspecified atom stereocenters. The SMILES string of the molecule is CC(C)COC(=O)CC1CO1. The summed E-state index contributed by atoms with van der Waals surface area (Å²) in [5.74, 6) is 0.278. The van der Waals surface area contributed by atoms with E-state index in [0.717, 1.165) is 6.61 Å². The van der Waals surface area contributed by atoms with Crippen molar-refractivity contribution in [1.82, 2.24) is 0 Å². The number of esters is 1. The number of hydrogen-bond acceptors (Lipinski definition) is 3. The van der Waals surface area contributed by atoms with E-state index in [9.17, 15) is 4.79 Å². The Balaban J connectivity index is 2.00. The molecule has 1 aliphatic heterocycles. The molecule has 11 heavy (non-hydrogen) atoms. The summed E-state index contributed by atoms with van der Waals surface area (Å²) in [7, 11) is 0. The first-order valence-electron chi connectivity index (χ1n) is 3.95. The smallest absolute Gasteiger partial charge is 0.308 e. The van der Waals surface area contributed by atoms with Gasteiger partial charge in [0.05, 0.1) is 25.7 Å². The van der Waals surface area contributed by atoms with Gasteiger partial charge in [-0.3, -0.25) is 4.79 Å². The van der Waals surface area contributed by atoms with Crippen LogP contribution in [0.2, 0.25) is 0 Å². The number of hydrogen-bond donors (Lipinski definition) is 0. The van der Waals surface area contributed by atoms with E-state index in [1.54, 1.807) is 0 Å². The van der Waals surface area contributed by atoms with Crippen LogP contribution in [0.15, 0.2) is 0 Å². The Bertz CT molecular complexity index is 138. The maximum atomic E-state index is 10.9. The van der Waals surface area contributed by atoms with Crippen LogP contribution in [0.1, 0.15) is 20.3 Å². The van der Waals surface area contributed by atoms with Crippen LogP contribution in [0.25, 0.3) is 0 Å². The normalized spacial score (nSPS) is 21.9. The second kappa shape index (κ2) is 3.72. The summed E-state index contributed by atoms with van der Waals surface area (Å²) < 4.78 is 9.82. The van der Waals surface area contributed by atoms with Gasteiger partial charge in [0.15, 0.2) is 0 Å². The molecule has 1 atom stereocenters. The molecule has 3 nitrogen and oxygen atoms in total. The summed E-state index contributed by atoms with van der Waals surface area (Å²) in [6.07, 6.45) is 0.571. The average Bonchev–Trinajstić information content (AvgIpc) is 2.67. The highest BCUT2D eigenvalue weighted by Crippen LogP contribution is 2.13. The lowest BCUT2D eigenvalue weighted by atomic mass is 10.2. The summed E-state index contributed by atoms with van der Waals surface area (Å²) in [5, 5.41) is 0. The molecule has 0 radical (unpaired) electrons. The van der Waals surface area contributed by atoms with E-state index in [1.165, 1.54) is 0 Å². The van der Waals surface area contributed by atoms with Gasteiger partial charge in [-0.1, -0.05) is 13.8 Å². The third kappa shape index (κ3) is 3.98. The zero-order chi connectivity index (χ0) is 8.27. The lowest BCUT2D eigenvalue weighted by Gasteiger charge is -2.05. The largest absolute Gasteiger partial charge is 0.465 e. The first-order valence-corrected chi connectivity index (χ1v) is 3.95. The molecule has 0 amide bonds. The van der Waals surface area contributed by atoms with Gasteiger partial charge >= 0.3 is 5.97 Å². The van der Waals surface area contributed by atoms with Crippen molar-refractivity contribution in [3.05, 3.63) is 0 Å². The first-order chi connectivity index (χ1) is 5.18. The molecule has 3 heteroatoms. The topological polar surface area (TPSA) is 38.8 Å². The van der Waals surface area contributed by atoms with Crippen LogP contribution in [0.5, 0.6) is 0 Å². The van der Waals surface area contributed by atoms with E-state index in [0.29, 0.717) is 18.9 Å². The molecule has 0 aliphatic carbocycles. The zero-order valence-corrected chi connectivity index (χ0v) is 7.00. The molecule has 0 spiro atoms. The van der Waals surface area contributed by atoms with Crippen molar-refractivity contribution in [3.8, 4) is 0 Å². The zero-order valence-electron chi connectivity index (χ0n) is 7.00.